The van der Waals surface area contributed by atoms with Crippen LogP contribution < -0.4 is 5.32 Å². The smallest absolute Gasteiger partial charge is 0.325 e. The van der Waals surface area contributed by atoms with Gasteiger partial charge in [-0.15, -0.1) is 40.8 Å². The summed E-state index contributed by atoms with van der Waals surface area (Å²) in [6.45, 7) is 6.55. The van der Waals surface area contributed by atoms with E-state index in [1.807, 2.05) is 249 Å². The Morgan fingerprint density at radius 3 is 0.959 bits per heavy atom. The highest BCUT2D eigenvalue weighted by Crippen LogP contribution is 2.42. The van der Waals surface area contributed by atoms with Gasteiger partial charge in [-0.25, -0.2) is 18.7 Å². The zero-order valence-electron chi connectivity index (χ0n) is 65.1. The zero-order chi connectivity index (χ0) is 83.7. The number of benzene rings is 8. The summed E-state index contributed by atoms with van der Waals surface area (Å²) < 4.78 is 16.7. The van der Waals surface area contributed by atoms with Gasteiger partial charge in [0.05, 0.1) is 74.1 Å². The van der Waals surface area contributed by atoms with Gasteiger partial charge < -0.3 is 29.7 Å². The number of fused-ring (bicyclic) bond motifs is 4. The van der Waals surface area contributed by atoms with Gasteiger partial charge in [-0.3, -0.25) is 24.1 Å². The molecule has 16 aromatic rings. The van der Waals surface area contributed by atoms with Crippen molar-refractivity contribution in [1.82, 2.24) is 99.9 Å². The van der Waals surface area contributed by atoms with Gasteiger partial charge >= 0.3 is 5.97 Å². The van der Waals surface area contributed by atoms with Crippen LogP contribution >= 0.6 is 46.4 Å². The second-order valence-corrected chi connectivity index (χ2v) is 29.3. The van der Waals surface area contributed by atoms with Gasteiger partial charge in [-0.1, -0.05) is 289 Å². The highest BCUT2D eigenvalue weighted by molar-refractivity contribution is 6.40. The molecule has 28 nitrogen and oxygen atoms in total. The van der Waals surface area contributed by atoms with Crippen molar-refractivity contribution in [1.29, 1.82) is 5.26 Å². The predicted molar refractivity (Wildman–Crippen MR) is 463 cm³/mol. The highest BCUT2D eigenvalue weighted by Gasteiger charge is 2.29. The number of nitriles is 1. The Kier molecular flexibility index (Phi) is 26.5. The zero-order valence-corrected chi connectivity index (χ0v) is 68.1. The molecule has 0 bridgehead atoms. The second kappa shape index (κ2) is 38.8. The largest absolute Gasteiger partial charge is 0.480 e. The molecule has 0 radical (unpaired) electrons. The number of carbonyl (C=O) groups is 4. The van der Waals surface area contributed by atoms with Crippen molar-refractivity contribution >= 4 is 114 Å². The van der Waals surface area contributed by atoms with Crippen molar-refractivity contribution in [3.63, 3.8) is 0 Å². The van der Waals surface area contributed by atoms with E-state index in [1.54, 1.807) is 21.3 Å². The quantitative estimate of drug-likeness (QED) is 0.0669. The molecule has 0 atom stereocenters. The number of carboxylic acid groups (broad SMARTS) is 1. The van der Waals surface area contributed by atoms with Crippen molar-refractivity contribution in [3.8, 4) is 96.1 Å². The minimum absolute atomic E-state index is 0.00579. The molecule has 32 heteroatoms. The Morgan fingerprint density at radius 2 is 0.661 bits per heavy atom. The first-order valence-corrected chi connectivity index (χ1v) is 40.1. The summed E-state index contributed by atoms with van der Waals surface area (Å²) in [5.41, 5.74) is 13.4. The molecule has 8 aromatic heterocycles. The van der Waals surface area contributed by atoms with Crippen molar-refractivity contribution < 1.29 is 33.8 Å². The van der Waals surface area contributed by atoms with Crippen LogP contribution in [0.5, 0.6) is 0 Å². The third-order valence-electron chi connectivity index (χ3n) is 19.9. The molecule has 0 aliphatic carbocycles. The Morgan fingerprint density at radius 1 is 0.388 bits per heavy atom. The Hall–Kier alpha value is -13.6. The average molecular weight is 1690 g/mol. The monoisotopic (exact) mass is 1690 g/mol. The van der Waals surface area contributed by atoms with Crippen LogP contribution in [-0.4, -0.2) is 203 Å². The maximum atomic E-state index is 12.9. The lowest BCUT2D eigenvalue weighted by molar-refractivity contribution is -0.138. The number of halogens is 4. The first-order valence-electron chi connectivity index (χ1n) is 38.6. The second-order valence-electron chi connectivity index (χ2n) is 27.8. The minimum atomic E-state index is -1.01. The van der Waals surface area contributed by atoms with Crippen LogP contribution in [0.2, 0.25) is 20.1 Å². The van der Waals surface area contributed by atoms with E-state index in [-0.39, 0.29) is 50.4 Å². The van der Waals surface area contributed by atoms with Gasteiger partial charge in [0.1, 0.15) is 78.3 Å². The summed E-state index contributed by atoms with van der Waals surface area (Å²) in [7, 11) is 1.57. The SMILES string of the molecule is CN(CC#N)C(=O)Cn1nc(-c2ccccc2)c2c(Cl)c(-c3ccccc3)nnc21.O=C(Cn1nc(-c2ccccc2)c2c(Cl)c(-c3ccccc3)nnc21)N1CCOCC1.O=C(Cn1nc(-c2ccccc2)c2c(Cl)c(-c3ccccc3)nnc21)NCCN1CCOCC1.O=C(O)Cn1nc(-c2ccccc2)c2c(Cl)c(-c3ccccc3)nnc21. The minimum Gasteiger partial charge on any atom is -0.480 e. The molecule has 2 fully saturated rings. The number of rotatable bonds is 20. The lowest BCUT2D eigenvalue weighted by Gasteiger charge is -2.26. The van der Waals surface area contributed by atoms with Crippen molar-refractivity contribution in [2.24, 2.45) is 0 Å². The molecule has 606 valence electrons. The molecule has 2 N–H and O–H groups in total. The van der Waals surface area contributed by atoms with Gasteiger partial charge in [-0.05, 0) is 0 Å². The number of hydrogen-bond acceptors (Lipinski definition) is 20. The predicted octanol–water partition coefficient (Wildman–Crippen LogP) is 14.6. The average Bonchev–Trinajstić information content (AvgIpc) is 1.64. The molecule has 8 aromatic carbocycles. The van der Waals surface area contributed by atoms with E-state index in [1.165, 1.54) is 14.3 Å². The number of aromatic nitrogens is 16. The van der Waals surface area contributed by atoms with Gasteiger partial charge in [0.15, 0.2) is 22.6 Å². The van der Waals surface area contributed by atoms with E-state index in [0.29, 0.717) is 143 Å². The number of nitrogens with zero attached hydrogens (tertiary/aromatic N) is 20. The molecule has 3 amide bonds. The first-order chi connectivity index (χ1) is 59.2. The fourth-order valence-corrected chi connectivity index (χ4v) is 15.1. The van der Waals surface area contributed by atoms with E-state index < -0.39 is 5.97 Å². The maximum Gasteiger partial charge on any atom is 0.325 e. The van der Waals surface area contributed by atoms with Crippen LogP contribution in [0.1, 0.15) is 0 Å². The highest BCUT2D eigenvalue weighted by atomic mass is 35.5. The molecule has 121 heavy (non-hydrogen) atoms. The van der Waals surface area contributed by atoms with Gasteiger partial charge in [-0.2, -0.15) is 25.7 Å². The van der Waals surface area contributed by atoms with Gasteiger partial charge in [0, 0.05) is 90.8 Å². The summed E-state index contributed by atoms with van der Waals surface area (Å²) in [5, 5.41) is 78.6. The fraction of sp³-hybridized carbons (Fsp3) is 0.180. The molecule has 2 aliphatic heterocycles. The fourth-order valence-electron chi connectivity index (χ4n) is 13.8. The van der Waals surface area contributed by atoms with E-state index in [2.05, 4.69) is 61.2 Å². The Bertz CT molecular complexity index is 6380. The van der Waals surface area contributed by atoms with Gasteiger partial charge in [0.2, 0.25) is 17.7 Å². The number of amides is 3. The summed E-state index contributed by atoms with van der Waals surface area (Å²) in [5.74, 6) is -1.44. The first kappa shape index (κ1) is 82.5. The molecular weight excluding hydrogens is 1620 g/mol. The number of likely N-dealkylation sites (N-methyl/N-ethyl adjacent to an activating group) is 1. The Labute approximate surface area is 713 Å². The van der Waals surface area contributed by atoms with Crippen LogP contribution in [0, 0.1) is 11.3 Å². The maximum absolute atomic E-state index is 12.9. The van der Waals surface area contributed by atoms with Crippen LogP contribution in [0.25, 0.3) is 134 Å². The molecule has 0 spiro atoms. The third kappa shape index (κ3) is 18.9. The van der Waals surface area contributed by atoms with E-state index in [9.17, 15) is 19.2 Å². The summed E-state index contributed by atoms with van der Waals surface area (Å²) >= 11 is 27.2. The van der Waals surface area contributed by atoms with E-state index in [4.69, 9.17) is 76.4 Å². The molecule has 0 saturated carbocycles. The number of nitrogens with one attached hydrogen (secondary N) is 1. The molecule has 2 saturated heterocycles. The molecule has 18 rings (SSSR count). The van der Waals surface area contributed by atoms with Crippen molar-refractivity contribution in [2.75, 3.05) is 79.3 Å². The number of hydrogen-bond donors (Lipinski definition) is 2. The molecule has 2 aliphatic rings. The lowest BCUT2D eigenvalue weighted by atomic mass is 10.1. The van der Waals surface area contributed by atoms with Crippen LogP contribution in [0.4, 0.5) is 0 Å². The van der Waals surface area contributed by atoms with Crippen molar-refractivity contribution in [2.45, 2.75) is 26.2 Å². The number of carbonyl (C=O) groups excluding carboxylic acids is 3. The third-order valence-corrected chi connectivity index (χ3v) is 21.3. The summed E-state index contributed by atoms with van der Waals surface area (Å²) in [6.07, 6.45) is 0. The summed E-state index contributed by atoms with van der Waals surface area (Å²) in [6, 6.07) is 78.9. The Balaban J connectivity index is 0.000000126. The van der Waals surface area contributed by atoms with Crippen molar-refractivity contribution in [3.05, 3.63) is 263 Å². The van der Waals surface area contributed by atoms with Crippen LogP contribution in [0.3, 0.4) is 0 Å². The number of morpholine rings is 2. The van der Waals surface area contributed by atoms with Gasteiger partial charge in [0.25, 0.3) is 0 Å². The number of ether oxygens (including phenoxy) is 2. The van der Waals surface area contributed by atoms with E-state index in [0.717, 1.165) is 77.4 Å². The van der Waals surface area contributed by atoms with Crippen LogP contribution in [-0.2, 0) is 54.8 Å². The molecule has 10 heterocycles. The van der Waals surface area contributed by atoms with E-state index >= 15 is 0 Å². The molecular formula is C89H75Cl4N21O7. The lowest BCUT2D eigenvalue weighted by Crippen LogP contribution is -2.42. The number of aliphatic carboxylic acids is 1. The standard InChI is InChI=1S/C25H25ClN6O2.C23H20ClN5O2.C22H17ClN6O.C19H13ClN4O2/c26-22-21-23(18-7-3-1-4-8-18)30-32(17-20(33)27-11-12-31-13-15-34-16-14-31)25(21)29-28-24(22)19-9-5-2-6-10-19;24-20-19-21(16-7-3-1-4-8-16)27-29(15-18(30)28-11-13-31-14-12-28)23(19)26-25-22(20)17-9-5-2-6-10-17;1-28(13-12-24)17(30)14-29-22-18(20(27-29)15-8-4-2-5-9-15)19(23)21(25-26-22)16-10-6-3-7-11-16;20-16-15-17(12-7-3-1-4-8-12)23-24(11-14(25)26)19(15)22-21-18(16)13-9-5-2-6-10-13/h1-10H,11-17H2,(H,27,33);1-10H,11-15H2;2-11H,13-14H2,1H3;1-10H,11H2,(H,25,26). The molecule has 0 unspecified atom stereocenters. The van der Waals surface area contributed by atoms with Crippen LogP contribution in [0.15, 0.2) is 243 Å². The normalized spacial score (nSPS) is 12.7. The number of carboxylic acids is 1. The summed E-state index contributed by atoms with van der Waals surface area (Å²) in [4.78, 5) is 54.7. The topological polar surface area (TPSA) is 327 Å².